The van der Waals surface area contributed by atoms with Crippen molar-refractivity contribution in [3.8, 4) is 0 Å². The van der Waals surface area contributed by atoms with Crippen molar-refractivity contribution in [2.45, 2.75) is 32.7 Å². The van der Waals surface area contributed by atoms with Gasteiger partial charge in [0.1, 0.15) is 0 Å². The minimum atomic E-state index is 0.137. The van der Waals surface area contributed by atoms with Crippen LogP contribution in [0.1, 0.15) is 27.2 Å². The Morgan fingerprint density at radius 3 is 2.46 bits per heavy atom. The Balaban J connectivity index is 3.55. The summed E-state index contributed by atoms with van der Waals surface area (Å²) in [6.45, 7) is 7.73. The van der Waals surface area contributed by atoms with Crippen molar-refractivity contribution in [2.75, 3.05) is 31.0 Å². The fraction of sp³-hybridized carbons (Fsp3) is 1.00. The van der Waals surface area contributed by atoms with Gasteiger partial charge in [-0.15, -0.1) is 11.6 Å². The average molecular weight is 224 g/mol. The SMILES string of the molecule is CCSCCCN(C)C(C)(C)CCl. The molecule has 3 heteroatoms. The minimum absolute atomic E-state index is 0.137. The first-order valence-corrected chi connectivity index (χ1v) is 6.58. The van der Waals surface area contributed by atoms with Crippen LogP contribution in [0.5, 0.6) is 0 Å². The van der Waals surface area contributed by atoms with Gasteiger partial charge in [-0.3, -0.25) is 0 Å². The molecule has 0 amide bonds. The molecule has 0 saturated heterocycles. The summed E-state index contributed by atoms with van der Waals surface area (Å²) in [6, 6.07) is 0. The summed E-state index contributed by atoms with van der Waals surface area (Å²) in [5, 5.41) is 0. The Morgan fingerprint density at radius 2 is 2.00 bits per heavy atom. The largest absolute Gasteiger partial charge is 0.300 e. The molecular weight excluding hydrogens is 202 g/mol. The lowest BCUT2D eigenvalue weighted by Gasteiger charge is -2.33. The lowest BCUT2D eigenvalue weighted by Crippen LogP contribution is -2.43. The van der Waals surface area contributed by atoms with E-state index in [1.54, 1.807) is 0 Å². The Kier molecular flexibility index (Phi) is 7.29. The van der Waals surface area contributed by atoms with Crippen LogP contribution in [0.4, 0.5) is 0 Å². The fourth-order valence-corrected chi connectivity index (χ4v) is 1.78. The van der Waals surface area contributed by atoms with Crippen molar-refractivity contribution in [1.29, 1.82) is 0 Å². The van der Waals surface area contributed by atoms with Crippen LogP contribution in [0.3, 0.4) is 0 Å². The molecule has 0 heterocycles. The molecule has 0 atom stereocenters. The zero-order valence-corrected chi connectivity index (χ0v) is 10.8. The van der Waals surface area contributed by atoms with Crippen molar-refractivity contribution in [3.63, 3.8) is 0 Å². The molecule has 0 bridgehead atoms. The monoisotopic (exact) mass is 223 g/mol. The zero-order chi connectivity index (χ0) is 10.3. The third-order valence-corrected chi connectivity index (χ3v) is 3.99. The van der Waals surface area contributed by atoms with Gasteiger partial charge in [-0.2, -0.15) is 11.8 Å². The summed E-state index contributed by atoms with van der Waals surface area (Å²) >= 11 is 7.89. The number of halogens is 1. The molecule has 0 rings (SSSR count). The Morgan fingerprint density at radius 1 is 1.38 bits per heavy atom. The molecule has 0 unspecified atom stereocenters. The molecule has 80 valence electrons. The lowest BCUT2D eigenvalue weighted by atomic mass is 10.1. The van der Waals surface area contributed by atoms with E-state index in [0.29, 0.717) is 5.88 Å². The predicted molar refractivity (Wildman–Crippen MR) is 65.0 cm³/mol. The maximum absolute atomic E-state index is 5.88. The van der Waals surface area contributed by atoms with E-state index in [2.05, 4.69) is 32.7 Å². The summed E-state index contributed by atoms with van der Waals surface area (Å²) in [4.78, 5) is 2.34. The highest BCUT2D eigenvalue weighted by Gasteiger charge is 2.21. The van der Waals surface area contributed by atoms with Crippen LogP contribution in [-0.2, 0) is 0 Å². The van der Waals surface area contributed by atoms with E-state index < -0.39 is 0 Å². The first-order valence-electron chi connectivity index (χ1n) is 4.89. The van der Waals surface area contributed by atoms with E-state index in [-0.39, 0.29) is 5.54 Å². The van der Waals surface area contributed by atoms with Gasteiger partial charge in [0.25, 0.3) is 0 Å². The molecule has 0 radical (unpaired) electrons. The lowest BCUT2D eigenvalue weighted by molar-refractivity contribution is 0.180. The molecule has 0 N–H and O–H groups in total. The Labute approximate surface area is 92.2 Å². The first-order chi connectivity index (χ1) is 6.04. The average Bonchev–Trinajstić information content (AvgIpc) is 2.12. The van der Waals surface area contributed by atoms with Crippen LogP contribution in [-0.4, -0.2) is 41.4 Å². The molecule has 0 aliphatic carbocycles. The summed E-state index contributed by atoms with van der Waals surface area (Å²) in [5.41, 5.74) is 0.137. The number of hydrogen-bond donors (Lipinski definition) is 0. The quantitative estimate of drug-likeness (QED) is 0.482. The third-order valence-electron chi connectivity index (χ3n) is 2.35. The molecule has 0 aromatic rings. The second-order valence-electron chi connectivity index (χ2n) is 3.92. The number of thioether (sulfide) groups is 1. The van der Waals surface area contributed by atoms with E-state index in [1.165, 1.54) is 17.9 Å². The predicted octanol–water partition coefficient (Wildman–Crippen LogP) is 3.08. The second kappa shape index (κ2) is 6.97. The topological polar surface area (TPSA) is 3.24 Å². The summed E-state index contributed by atoms with van der Waals surface area (Å²) in [5.74, 6) is 3.19. The number of nitrogens with zero attached hydrogens (tertiary/aromatic N) is 1. The molecule has 0 spiro atoms. The smallest absolute Gasteiger partial charge is 0.0402 e. The number of rotatable bonds is 7. The van der Waals surface area contributed by atoms with Crippen molar-refractivity contribution >= 4 is 23.4 Å². The summed E-state index contributed by atoms with van der Waals surface area (Å²) < 4.78 is 0. The molecule has 1 nitrogen and oxygen atoms in total. The van der Waals surface area contributed by atoms with Gasteiger partial charge in [0.15, 0.2) is 0 Å². The molecule has 0 saturated carbocycles. The summed E-state index contributed by atoms with van der Waals surface area (Å²) in [7, 11) is 2.15. The highest BCUT2D eigenvalue weighted by molar-refractivity contribution is 7.99. The van der Waals surface area contributed by atoms with E-state index in [9.17, 15) is 0 Å². The standard InChI is InChI=1S/C10H22ClNS/c1-5-13-8-6-7-12(4)10(2,3)9-11/h5-9H2,1-4H3. The molecule has 0 aliphatic rings. The highest BCUT2D eigenvalue weighted by atomic mass is 35.5. The maximum Gasteiger partial charge on any atom is 0.0402 e. The van der Waals surface area contributed by atoms with Gasteiger partial charge >= 0.3 is 0 Å². The van der Waals surface area contributed by atoms with Crippen LogP contribution >= 0.6 is 23.4 Å². The van der Waals surface area contributed by atoms with Crippen molar-refractivity contribution < 1.29 is 0 Å². The number of hydrogen-bond acceptors (Lipinski definition) is 2. The molecule has 0 aromatic heterocycles. The van der Waals surface area contributed by atoms with Gasteiger partial charge in [0.05, 0.1) is 0 Å². The van der Waals surface area contributed by atoms with Crippen LogP contribution in [0.25, 0.3) is 0 Å². The van der Waals surface area contributed by atoms with E-state index in [0.717, 1.165) is 6.54 Å². The van der Waals surface area contributed by atoms with Gasteiger partial charge in [-0.25, -0.2) is 0 Å². The fourth-order valence-electron chi connectivity index (χ4n) is 0.953. The van der Waals surface area contributed by atoms with Crippen molar-refractivity contribution in [3.05, 3.63) is 0 Å². The Hall–Kier alpha value is 0.600. The van der Waals surface area contributed by atoms with Gasteiger partial charge in [0.2, 0.25) is 0 Å². The van der Waals surface area contributed by atoms with Gasteiger partial charge in [0, 0.05) is 11.4 Å². The maximum atomic E-state index is 5.88. The van der Waals surface area contributed by atoms with E-state index >= 15 is 0 Å². The summed E-state index contributed by atoms with van der Waals surface area (Å²) in [6.07, 6.45) is 1.26. The van der Waals surface area contributed by atoms with Crippen molar-refractivity contribution in [2.24, 2.45) is 0 Å². The first kappa shape index (κ1) is 13.6. The van der Waals surface area contributed by atoms with E-state index in [1.807, 2.05) is 11.8 Å². The Bertz CT molecular complexity index is 128. The van der Waals surface area contributed by atoms with Gasteiger partial charge < -0.3 is 4.90 Å². The molecule has 0 aliphatic heterocycles. The highest BCUT2D eigenvalue weighted by Crippen LogP contribution is 2.14. The van der Waals surface area contributed by atoms with Crippen LogP contribution < -0.4 is 0 Å². The molecular formula is C10H22ClNS. The van der Waals surface area contributed by atoms with E-state index in [4.69, 9.17) is 11.6 Å². The molecule has 0 aromatic carbocycles. The zero-order valence-electron chi connectivity index (χ0n) is 9.27. The van der Waals surface area contributed by atoms with Gasteiger partial charge in [-0.1, -0.05) is 6.92 Å². The minimum Gasteiger partial charge on any atom is -0.300 e. The van der Waals surface area contributed by atoms with Crippen molar-refractivity contribution in [1.82, 2.24) is 4.90 Å². The molecule has 0 fully saturated rings. The third kappa shape index (κ3) is 5.82. The van der Waals surface area contributed by atoms with Crippen LogP contribution in [0, 0.1) is 0 Å². The van der Waals surface area contributed by atoms with Crippen LogP contribution in [0.15, 0.2) is 0 Å². The normalized spacial score (nSPS) is 12.5. The van der Waals surface area contributed by atoms with Gasteiger partial charge in [-0.05, 0) is 45.4 Å². The van der Waals surface area contributed by atoms with Crippen LogP contribution in [0.2, 0.25) is 0 Å². The second-order valence-corrected chi connectivity index (χ2v) is 5.58. The molecule has 13 heavy (non-hydrogen) atoms. The number of alkyl halides is 1.